The van der Waals surface area contributed by atoms with Crippen LogP contribution in [0.4, 0.5) is 0 Å². The number of nitriles is 1. The summed E-state index contributed by atoms with van der Waals surface area (Å²) in [6.45, 7) is 4.23. The molecule has 2 atom stereocenters. The van der Waals surface area contributed by atoms with Gasteiger partial charge in [0, 0.05) is 0 Å². The van der Waals surface area contributed by atoms with Crippen molar-refractivity contribution >= 4 is 5.71 Å². The molecule has 0 aromatic heterocycles. The van der Waals surface area contributed by atoms with Crippen LogP contribution in [0.15, 0.2) is 5.16 Å². The molecule has 0 spiro atoms. The highest BCUT2D eigenvalue weighted by atomic mass is 16.4. The van der Waals surface area contributed by atoms with Crippen LogP contribution in [0.5, 0.6) is 0 Å². The van der Waals surface area contributed by atoms with Gasteiger partial charge in [-0.25, -0.2) is 0 Å². The summed E-state index contributed by atoms with van der Waals surface area (Å²) < 4.78 is 0. The van der Waals surface area contributed by atoms with E-state index in [0.717, 1.165) is 19.3 Å². The molecule has 0 heterocycles. The van der Waals surface area contributed by atoms with E-state index in [4.69, 9.17) is 5.21 Å². The maximum absolute atomic E-state index is 9.24. The van der Waals surface area contributed by atoms with Crippen molar-refractivity contribution < 1.29 is 5.21 Å². The summed E-state index contributed by atoms with van der Waals surface area (Å²) in [6, 6.07) is 2.37. The van der Waals surface area contributed by atoms with Gasteiger partial charge in [-0.3, -0.25) is 0 Å². The Kier molecular flexibility index (Phi) is 1.48. The Bertz CT molecular complexity index is 313. The Morgan fingerprint density at radius 2 is 2.31 bits per heavy atom. The van der Waals surface area contributed by atoms with Gasteiger partial charge in [-0.15, -0.1) is 0 Å². The van der Waals surface area contributed by atoms with E-state index < -0.39 is 5.41 Å². The number of fused-ring (bicyclic) bond motifs is 2. The van der Waals surface area contributed by atoms with Gasteiger partial charge in [0.1, 0.15) is 5.41 Å². The molecule has 2 bridgehead atoms. The van der Waals surface area contributed by atoms with Gasteiger partial charge in [0.15, 0.2) is 0 Å². The summed E-state index contributed by atoms with van der Waals surface area (Å²) in [4.78, 5) is 0. The lowest BCUT2D eigenvalue weighted by Crippen LogP contribution is -2.34. The van der Waals surface area contributed by atoms with Crippen molar-refractivity contribution in [1.82, 2.24) is 0 Å². The summed E-state index contributed by atoms with van der Waals surface area (Å²) in [5, 5.41) is 21.4. The Balaban J connectivity index is 2.55. The molecular formula is C10H14N2O. The fourth-order valence-corrected chi connectivity index (χ4v) is 3.09. The van der Waals surface area contributed by atoms with E-state index >= 15 is 0 Å². The van der Waals surface area contributed by atoms with E-state index in [0.29, 0.717) is 11.6 Å². The van der Waals surface area contributed by atoms with E-state index in [2.05, 4.69) is 25.1 Å². The fraction of sp³-hybridized carbons (Fsp3) is 0.800. The summed E-state index contributed by atoms with van der Waals surface area (Å²) in [6.07, 6.45) is 2.76. The summed E-state index contributed by atoms with van der Waals surface area (Å²) in [7, 11) is 0. The van der Waals surface area contributed by atoms with Crippen molar-refractivity contribution in [2.45, 2.75) is 33.1 Å². The molecule has 0 radical (unpaired) electrons. The van der Waals surface area contributed by atoms with Crippen molar-refractivity contribution in [2.24, 2.45) is 21.9 Å². The monoisotopic (exact) mass is 178 g/mol. The summed E-state index contributed by atoms with van der Waals surface area (Å²) in [5.41, 5.74) is 0.215. The second kappa shape index (κ2) is 2.25. The molecular weight excluding hydrogens is 164 g/mol. The third kappa shape index (κ3) is 0.720. The van der Waals surface area contributed by atoms with Crippen LogP contribution >= 0.6 is 0 Å². The number of hydrogen-bond acceptors (Lipinski definition) is 3. The summed E-state index contributed by atoms with van der Waals surface area (Å²) >= 11 is 0. The minimum absolute atomic E-state index is 0.0106. The normalized spacial score (nSPS) is 43.8. The van der Waals surface area contributed by atoms with E-state index in [1.165, 1.54) is 0 Å². The highest BCUT2D eigenvalue weighted by Crippen LogP contribution is 2.63. The van der Waals surface area contributed by atoms with Crippen molar-refractivity contribution in [3.8, 4) is 6.07 Å². The Morgan fingerprint density at radius 3 is 2.69 bits per heavy atom. The molecule has 3 heteroatoms. The SMILES string of the molecule is CC1(C)[C@H]2CC[C@]1(C#N)/C(=N/O)C2. The van der Waals surface area contributed by atoms with E-state index in [-0.39, 0.29) is 5.41 Å². The van der Waals surface area contributed by atoms with Crippen molar-refractivity contribution in [2.75, 3.05) is 0 Å². The molecule has 0 aromatic rings. The zero-order valence-electron chi connectivity index (χ0n) is 8.04. The quantitative estimate of drug-likeness (QED) is 0.456. The van der Waals surface area contributed by atoms with E-state index in [9.17, 15) is 5.26 Å². The highest BCUT2D eigenvalue weighted by molar-refractivity contribution is 5.96. The molecule has 2 rings (SSSR count). The molecule has 0 aliphatic heterocycles. The van der Waals surface area contributed by atoms with Crippen LogP contribution in [0.25, 0.3) is 0 Å². The molecule has 13 heavy (non-hydrogen) atoms. The second-order valence-electron chi connectivity index (χ2n) is 4.73. The molecule has 2 saturated carbocycles. The van der Waals surface area contributed by atoms with Crippen molar-refractivity contribution in [1.29, 1.82) is 5.26 Å². The molecule has 0 amide bonds. The first-order valence-corrected chi connectivity index (χ1v) is 4.71. The largest absolute Gasteiger partial charge is 0.411 e. The second-order valence-corrected chi connectivity index (χ2v) is 4.73. The standard InChI is InChI=1S/C10H14N2O/c1-9(2)7-3-4-10(9,6-11)8(5-7)12-13/h7,13H,3-5H2,1-2H3/b12-8+/t7-,10-/m0/s1. The predicted molar refractivity (Wildman–Crippen MR) is 48.4 cm³/mol. The zero-order valence-corrected chi connectivity index (χ0v) is 8.04. The molecule has 1 N–H and O–H groups in total. The van der Waals surface area contributed by atoms with Crippen LogP contribution in [-0.2, 0) is 0 Å². The highest BCUT2D eigenvalue weighted by Gasteiger charge is 2.63. The van der Waals surface area contributed by atoms with Gasteiger partial charge >= 0.3 is 0 Å². The number of hydrogen-bond donors (Lipinski definition) is 1. The topological polar surface area (TPSA) is 56.4 Å². The molecule has 0 aromatic carbocycles. The molecule has 0 saturated heterocycles. The minimum Gasteiger partial charge on any atom is -0.411 e. The van der Waals surface area contributed by atoms with Crippen LogP contribution in [0, 0.1) is 28.1 Å². The first kappa shape index (κ1) is 8.55. The van der Waals surface area contributed by atoms with Gasteiger partial charge in [-0.05, 0) is 30.6 Å². The van der Waals surface area contributed by atoms with Crippen LogP contribution in [0.1, 0.15) is 33.1 Å². The maximum Gasteiger partial charge on any atom is 0.104 e. The lowest BCUT2D eigenvalue weighted by atomic mass is 9.70. The lowest BCUT2D eigenvalue weighted by Gasteiger charge is -2.30. The molecule has 3 nitrogen and oxygen atoms in total. The Labute approximate surface area is 78.0 Å². The van der Waals surface area contributed by atoms with Gasteiger partial charge in [-0.2, -0.15) is 5.26 Å². The minimum atomic E-state index is -0.480. The van der Waals surface area contributed by atoms with Gasteiger partial charge in [0.2, 0.25) is 0 Å². The average Bonchev–Trinajstić information content (AvgIpc) is 2.50. The van der Waals surface area contributed by atoms with Gasteiger partial charge in [0.05, 0.1) is 11.8 Å². The number of nitrogens with zero attached hydrogens (tertiary/aromatic N) is 2. The maximum atomic E-state index is 9.24. The predicted octanol–water partition coefficient (Wildman–Crippen LogP) is 2.17. The number of rotatable bonds is 0. The van der Waals surface area contributed by atoms with Gasteiger partial charge < -0.3 is 5.21 Å². The fourth-order valence-electron chi connectivity index (χ4n) is 3.09. The molecule has 2 fully saturated rings. The molecule has 2 aliphatic carbocycles. The van der Waals surface area contributed by atoms with Crippen molar-refractivity contribution in [3.63, 3.8) is 0 Å². The molecule has 0 unspecified atom stereocenters. The molecule has 2 aliphatic rings. The van der Waals surface area contributed by atoms with Crippen LogP contribution in [0.2, 0.25) is 0 Å². The first-order valence-electron chi connectivity index (χ1n) is 4.71. The third-order valence-corrected chi connectivity index (χ3v) is 4.23. The third-order valence-electron chi connectivity index (χ3n) is 4.23. The van der Waals surface area contributed by atoms with Crippen LogP contribution < -0.4 is 0 Å². The Hall–Kier alpha value is -1.04. The first-order chi connectivity index (χ1) is 6.08. The van der Waals surface area contributed by atoms with Crippen molar-refractivity contribution in [3.05, 3.63) is 0 Å². The Morgan fingerprint density at radius 1 is 1.62 bits per heavy atom. The van der Waals surface area contributed by atoms with Gasteiger partial charge in [-0.1, -0.05) is 19.0 Å². The van der Waals surface area contributed by atoms with Crippen LogP contribution in [0.3, 0.4) is 0 Å². The summed E-state index contributed by atoms with van der Waals surface area (Å²) in [5.74, 6) is 0.526. The van der Waals surface area contributed by atoms with Gasteiger partial charge in [0.25, 0.3) is 0 Å². The van der Waals surface area contributed by atoms with E-state index in [1.54, 1.807) is 0 Å². The number of oxime groups is 1. The zero-order chi connectivity index (χ0) is 9.69. The molecule has 70 valence electrons. The van der Waals surface area contributed by atoms with Crippen LogP contribution in [-0.4, -0.2) is 10.9 Å². The van der Waals surface area contributed by atoms with E-state index in [1.807, 2.05) is 0 Å². The lowest BCUT2D eigenvalue weighted by molar-refractivity contribution is 0.221. The average molecular weight is 178 g/mol. The smallest absolute Gasteiger partial charge is 0.104 e.